The van der Waals surface area contributed by atoms with Gasteiger partial charge >= 0.3 is 0 Å². The van der Waals surface area contributed by atoms with Crippen LogP contribution in [0.1, 0.15) is 37.4 Å². The predicted molar refractivity (Wildman–Crippen MR) is 111 cm³/mol. The molecule has 0 aromatic heterocycles. The van der Waals surface area contributed by atoms with Gasteiger partial charge in [-0.1, -0.05) is 36.4 Å². The monoisotopic (exact) mass is 371 g/mol. The molecule has 4 rings (SSSR count). The summed E-state index contributed by atoms with van der Waals surface area (Å²) in [4.78, 5) is 28.3. The summed E-state index contributed by atoms with van der Waals surface area (Å²) in [7, 11) is 4.02. The van der Waals surface area contributed by atoms with Gasteiger partial charge in [0.2, 0.25) is 0 Å². The molecule has 0 fully saturated rings. The summed E-state index contributed by atoms with van der Waals surface area (Å²) in [5.41, 5.74) is 10.4. The fraction of sp³-hybridized carbons (Fsp3) is 0.130. The van der Waals surface area contributed by atoms with Crippen LogP contribution in [0.2, 0.25) is 0 Å². The number of hydrogen-bond acceptors (Lipinski definition) is 5. The van der Waals surface area contributed by atoms with E-state index in [0.717, 1.165) is 17.8 Å². The van der Waals surface area contributed by atoms with Crippen molar-refractivity contribution in [3.63, 3.8) is 0 Å². The number of carbonyl (C=O) groups is 2. The third-order valence-electron chi connectivity index (χ3n) is 4.81. The van der Waals surface area contributed by atoms with Gasteiger partial charge in [0.25, 0.3) is 0 Å². The van der Waals surface area contributed by atoms with Crippen molar-refractivity contribution in [2.24, 2.45) is 0 Å². The van der Waals surface area contributed by atoms with E-state index in [2.05, 4.69) is 16.3 Å². The first-order valence-electron chi connectivity index (χ1n) is 9.07. The maximum absolute atomic E-state index is 13.2. The molecule has 5 heteroatoms. The van der Waals surface area contributed by atoms with E-state index in [0.29, 0.717) is 28.1 Å². The molecule has 1 aliphatic carbocycles. The molecular weight excluding hydrogens is 350 g/mol. The highest BCUT2D eigenvalue weighted by molar-refractivity contribution is 6.31. The number of nitrogens with two attached hydrogens (primary N) is 1. The quantitative estimate of drug-likeness (QED) is 0.533. The number of fused-ring (bicyclic) bond motifs is 2. The van der Waals surface area contributed by atoms with Crippen LogP contribution in [0.5, 0.6) is 0 Å². The van der Waals surface area contributed by atoms with Gasteiger partial charge in [-0.25, -0.2) is 0 Å². The zero-order valence-corrected chi connectivity index (χ0v) is 15.8. The molecular formula is C23H21N3O2. The van der Waals surface area contributed by atoms with Crippen LogP contribution in [0, 0.1) is 0 Å². The highest BCUT2D eigenvalue weighted by Crippen LogP contribution is 2.36. The van der Waals surface area contributed by atoms with Gasteiger partial charge < -0.3 is 16.0 Å². The van der Waals surface area contributed by atoms with Crippen molar-refractivity contribution in [3.8, 4) is 0 Å². The molecule has 0 radical (unpaired) electrons. The minimum absolute atomic E-state index is 0.190. The van der Waals surface area contributed by atoms with Crippen molar-refractivity contribution in [1.82, 2.24) is 4.90 Å². The SMILES string of the molecule is CN(C)Cc1cccc(Nc2ccc(N)c3c2C(=O)c2ccccc2C3=O)c1. The molecule has 3 aromatic carbocycles. The van der Waals surface area contributed by atoms with Gasteiger partial charge in [0, 0.05) is 29.0 Å². The Morgan fingerprint density at radius 3 is 2.21 bits per heavy atom. The first-order chi connectivity index (χ1) is 13.5. The Balaban J connectivity index is 1.79. The number of hydrogen-bond donors (Lipinski definition) is 2. The van der Waals surface area contributed by atoms with Gasteiger partial charge in [0.05, 0.1) is 16.8 Å². The Kier molecular flexibility index (Phi) is 4.45. The van der Waals surface area contributed by atoms with Crippen molar-refractivity contribution < 1.29 is 9.59 Å². The van der Waals surface area contributed by atoms with Gasteiger partial charge in [0.1, 0.15) is 0 Å². The van der Waals surface area contributed by atoms with Crippen molar-refractivity contribution in [1.29, 1.82) is 0 Å². The number of benzene rings is 3. The second-order valence-electron chi connectivity index (χ2n) is 7.22. The molecule has 0 saturated carbocycles. The Labute approximate surface area is 163 Å². The molecule has 3 N–H and O–H groups in total. The maximum Gasteiger partial charge on any atom is 0.196 e. The van der Waals surface area contributed by atoms with Crippen molar-refractivity contribution in [2.45, 2.75) is 6.54 Å². The summed E-state index contributed by atoms with van der Waals surface area (Å²) < 4.78 is 0. The second-order valence-corrected chi connectivity index (χ2v) is 7.22. The molecule has 0 unspecified atom stereocenters. The maximum atomic E-state index is 13.2. The molecule has 5 nitrogen and oxygen atoms in total. The molecule has 140 valence electrons. The predicted octanol–water partition coefficient (Wildman–Crippen LogP) is 3.85. The van der Waals surface area contributed by atoms with Crippen LogP contribution in [0.3, 0.4) is 0 Å². The Bertz CT molecular complexity index is 1100. The normalized spacial score (nSPS) is 12.7. The third kappa shape index (κ3) is 3.06. The van der Waals surface area contributed by atoms with Crippen LogP contribution < -0.4 is 11.1 Å². The van der Waals surface area contributed by atoms with Crippen LogP contribution in [-0.4, -0.2) is 30.6 Å². The van der Waals surface area contributed by atoms with Crippen molar-refractivity contribution in [3.05, 3.63) is 88.5 Å². The Hall–Kier alpha value is -3.44. The smallest absolute Gasteiger partial charge is 0.196 e. The van der Waals surface area contributed by atoms with E-state index < -0.39 is 0 Å². The minimum Gasteiger partial charge on any atom is -0.398 e. The zero-order chi connectivity index (χ0) is 19.8. The fourth-order valence-corrected chi connectivity index (χ4v) is 3.62. The molecule has 1 aliphatic rings. The molecule has 3 aromatic rings. The highest BCUT2D eigenvalue weighted by Gasteiger charge is 2.33. The Morgan fingerprint density at radius 2 is 1.54 bits per heavy atom. The van der Waals surface area contributed by atoms with E-state index in [1.54, 1.807) is 36.4 Å². The average Bonchev–Trinajstić information content (AvgIpc) is 2.67. The molecule has 0 aliphatic heterocycles. The van der Waals surface area contributed by atoms with Crippen LogP contribution >= 0.6 is 0 Å². The van der Waals surface area contributed by atoms with Crippen molar-refractivity contribution >= 4 is 28.6 Å². The number of nitrogens with one attached hydrogen (secondary N) is 1. The van der Waals surface area contributed by atoms with Crippen LogP contribution in [0.15, 0.2) is 60.7 Å². The average molecular weight is 371 g/mol. The van der Waals surface area contributed by atoms with Gasteiger partial charge in [-0.3, -0.25) is 9.59 Å². The zero-order valence-electron chi connectivity index (χ0n) is 15.8. The third-order valence-corrected chi connectivity index (χ3v) is 4.81. The first kappa shape index (κ1) is 17.9. The molecule has 0 atom stereocenters. The lowest BCUT2D eigenvalue weighted by Crippen LogP contribution is -2.23. The van der Waals surface area contributed by atoms with E-state index >= 15 is 0 Å². The van der Waals surface area contributed by atoms with E-state index in [9.17, 15) is 9.59 Å². The molecule has 0 heterocycles. The van der Waals surface area contributed by atoms with Gasteiger partial charge in [-0.2, -0.15) is 0 Å². The van der Waals surface area contributed by atoms with Crippen molar-refractivity contribution in [2.75, 3.05) is 25.1 Å². The topological polar surface area (TPSA) is 75.4 Å². The van der Waals surface area contributed by atoms with E-state index in [1.165, 1.54) is 0 Å². The summed E-state index contributed by atoms with van der Waals surface area (Å²) in [6.45, 7) is 0.806. The lowest BCUT2D eigenvalue weighted by atomic mass is 9.82. The molecule has 0 bridgehead atoms. The Morgan fingerprint density at radius 1 is 0.857 bits per heavy atom. The fourth-order valence-electron chi connectivity index (χ4n) is 3.62. The van der Waals surface area contributed by atoms with E-state index in [-0.39, 0.29) is 17.1 Å². The number of carbonyl (C=O) groups excluding carboxylic acids is 2. The summed E-state index contributed by atoms with van der Waals surface area (Å²) in [6.07, 6.45) is 0. The second kappa shape index (κ2) is 6.94. The lowest BCUT2D eigenvalue weighted by Gasteiger charge is -2.22. The summed E-state index contributed by atoms with van der Waals surface area (Å²) in [5.74, 6) is -0.405. The standard InChI is InChI=1S/C23H21N3O2/c1-26(2)13-14-6-5-7-15(12-14)25-19-11-10-18(24)20-21(19)23(28)17-9-4-3-8-16(17)22(20)27/h3-12,25H,13,24H2,1-2H3. The number of nitrogens with zero attached hydrogens (tertiary/aromatic N) is 1. The first-order valence-corrected chi connectivity index (χ1v) is 9.07. The van der Waals surface area contributed by atoms with Gasteiger partial charge in [0.15, 0.2) is 11.6 Å². The highest BCUT2D eigenvalue weighted by atomic mass is 16.1. The van der Waals surface area contributed by atoms with E-state index in [1.807, 2.05) is 32.3 Å². The van der Waals surface area contributed by atoms with E-state index in [4.69, 9.17) is 5.73 Å². The molecule has 0 spiro atoms. The summed E-state index contributed by atoms with van der Waals surface area (Å²) in [6, 6.07) is 18.3. The molecule has 0 saturated heterocycles. The van der Waals surface area contributed by atoms with Gasteiger partial charge in [-0.05, 0) is 43.9 Å². The number of anilines is 3. The number of rotatable bonds is 4. The molecule has 28 heavy (non-hydrogen) atoms. The lowest BCUT2D eigenvalue weighted by molar-refractivity contribution is 0.0980. The number of nitrogen functional groups attached to an aromatic ring is 1. The van der Waals surface area contributed by atoms with Crippen LogP contribution in [-0.2, 0) is 6.54 Å². The van der Waals surface area contributed by atoms with Crippen LogP contribution in [0.25, 0.3) is 0 Å². The number of ketones is 2. The minimum atomic E-state index is -0.215. The van der Waals surface area contributed by atoms with Crippen LogP contribution in [0.4, 0.5) is 17.1 Å². The largest absolute Gasteiger partial charge is 0.398 e. The van der Waals surface area contributed by atoms with Gasteiger partial charge in [-0.15, -0.1) is 0 Å². The molecule has 0 amide bonds. The summed E-state index contributed by atoms with van der Waals surface area (Å²) in [5, 5.41) is 3.31. The summed E-state index contributed by atoms with van der Waals surface area (Å²) >= 11 is 0.